The molecule has 0 radical (unpaired) electrons. The highest BCUT2D eigenvalue weighted by Gasteiger charge is 2.35. The van der Waals surface area contributed by atoms with Gasteiger partial charge in [-0.25, -0.2) is 9.18 Å². The minimum absolute atomic E-state index is 0.0853. The molecule has 24 heavy (non-hydrogen) atoms. The molecular formula is C18H25FN2O3. The van der Waals surface area contributed by atoms with Crippen molar-refractivity contribution in [2.45, 2.75) is 38.1 Å². The lowest BCUT2D eigenvalue weighted by Gasteiger charge is -2.29. The first-order valence-electron chi connectivity index (χ1n) is 8.63. The number of hydrogen-bond acceptors (Lipinski definition) is 3. The molecule has 1 heterocycles. The van der Waals surface area contributed by atoms with E-state index < -0.39 is 0 Å². The molecule has 2 amide bonds. The fourth-order valence-corrected chi connectivity index (χ4v) is 3.71. The van der Waals surface area contributed by atoms with Crippen LogP contribution in [0.4, 0.5) is 9.18 Å². The molecule has 0 saturated carbocycles. The number of rotatable bonds is 5. The number of benzene rings is 1. The summed E-state index contributed by atoms with van der Waals surface area (Å²) < 4.78 is 19.0. The van der Waals surface area contributed by atoms with Crippen LogP contribution < -0.4 is 10.6 Å². The van der Waals surface area contributed by atoms with E-state index in [1.807, 2.05) is 6.07 Å². The summed E-state index contributed by atoms with van der Waals surface area (Å²) in [7, 11) is 0. The van der Waals surface area contributed by atoms with E-state index in [2.05, 4.69) is 10.6 Å². The van der Waals surface area contributed by atoms with Gasteiger partial charge < -0.3 is 20.5 Å². The van der Waals surface area contributed by atoms with E-state index in [1.165, 1.54) is 12.1 Å². The van der Waals surface area contributed by atoms with Gasteiger partial charge in [0.05, 0.1) is 12.6 Å². The maximum atomic E-state index is 13.5. The summed E-state index contributed by atoms with van der Waals surface area (Å²) in [6.45, 7) is 1.79. The lowest BCUT2D eigenvalue weighted by molar-refractivity contribution is 0.125. The lowest BCUT2D eigenvalue weighted by Crippen LogP contribution is -2.45. The van der Waals surface area contributed by atoms with Crippen LogP contribution in [0.5, 0.6) is 0 Å². The minimum atomic E-state index is -0.270. The third-order valence-electron chi connectivity index (χ3n) is 5.18. The van der Waals surface area contributed by atoms with Gasteiger partial charge in [0.2, 0.25) is 0 Å². The number of hydrogen-bond donors (Lipinski definition) is 3. The van der Waals surface area contributed by atoms with Crippen LogP contribution >= 0.6 is 0 Å². The highest BCUT2D eigenvalue weighted by Crippen LogP contribution is 2.32. The number of nitrogens with one attached hydrogen (secondary N) is 2. The molecule has 1 aromatic rings. The van der Waals surface area contributed by atoms with Gasteiger partial charge in [-0.15, -0.1) is 0 Å². The molecule has 1 aromatic carbocycles. The molecule has 132 valence electrons. The van der Waals surface area contributed by atoms with Crippen LogP contribution in [-0.2, 0) is 11.2 Å². The minimum Gasteiger partial charge on any atom is -0.396 e. The second-order valence-electron chi connectivity index (χ2n) is 6.89. The van der Waals surface area contributed by atoms with Crippen LogP contribution in [0.15, 0.2) is 18.2 Å². The van der Waals surface area contributed by atoms with E-state index in [0.717, 1.165) is 36.8 Å². The smallest absolute Gasteiger partial charge is 0.315 e. The standard InChI is InChI=1S/C18H25FN2O3/c19-14-5-4-13-2-1-3-16(15(13)10-14)21-17(23)20-11-18(6-8-22)7-9-24-12-18/h4-5,10,16,22H,1-3,6-9,11-12H2,(H2,20,21,23). The van der Waals surface area contributed by atoms with Crippen molar-refractivity contribution in [1.82, 2.24) is 10.6 Å². The summed E-state index contributed by atoms with van der Waals surface area (Å²) in [5.41, 5.74) is 1.81. The summed E-state index contributed by atoms with van der Waals surface area (Å²) in [5, 5.41) is 15.1. The number of urea groups is 1. The first-order valence-corrected chi connectivity index (χ1v) is 8.63. The molecule has 2 aliphatic rings. The van der Waals surface area contributed by atoms with E-state index in [1.54, 1.807) is 0 Å². The number of fused-ring (bicyclic) bond motifs is 1. The highest BCUT2D eigenvalue weighted by atomic mass is 19.1. The number of aryl methyl sites for hydroxylation is 1. The van der Waals surface area contributed by atoms with Crippen molar-refractivity contribution < 1.29 is 19.0 Å². The van der Waals surface area contributed by atoms with Crippen LogP contribution in [0.2, 0.25) is 0 Å². The summed E-state index contributed by atoms with van der Waals surface area (Å²) in [5.74, 6) is -0.270. The molecule has 2 atom stereocenters. The molecule has 0 bridgehead atoms. The molecule has 2 unspecified atom stereocenters. The zero-order valence-electron chi connectivity index (χ0n) is 13.8. The molecule has 3 rings (SSSR count). The van der Waals surface area contributed by atoms with Gasteiger partial charge in [-0.2, -0.15) is 0 Å². The van der Waals surface area contributed by atoms with Gasteiger partial charge in [-0.1, -0.05) is 6.07 Å². The van der Waals surface area contributed by atoms with Crippen LogP contribution in [-0.4, -0.2) is 37.5 Å². The number of carbonyl (C=O) groups excluding carboxylic acids is 1. The number of amides is 2. The summed E-state index contributed by atoms with van der Waals surface area (Å²) in [6, 6.07) is 4.40. The topological polar surface area (TPSA) is 70.6 Å². The zero-order valence-corrected chi connectivity index (χ0v) is 13.8. The van der Waals surface area contributed by atoms with Gasteiger partial charge in [0, 0.05) is 25.2 Å². The average molecular weight is 336 g/mol. The molecule has 5 nitrogen and oxygen atoms in total. The SMILES string of the molecule is O=C(NCC1(CCO)CCOC1)NC1CCCc2ccc(F)cc21. The molecule has 0 aromatic heterocycles. The lowest BCUT2D eigenvalue weighted by atomic mass is 9.84. The van der Waals surface area contributed by atoms with Crippen LogP contribution in [0.1, 0.15) is 42.9 Å². The number of aliphatic hydroxyl groups is 1. The van der Waals surface area contributed by atoms with Gasteiger partial charge in [-0.05, 0) is 55.4 Å². The number of aliphatic hydroxyl groups excluding tert-OH is 1. The first-order chi connectivity index (χ1) is 11.6. The molecule has 1 aliphatic heterocycles. The van der Waals surface area contributed by atoms with Crippen molar-refractivity contribution in [2.75, 3.05) is 26.4 Å². The predicted molar refractivity (Wildman–Crippen MR) is 88.2 cm³/mol. The van der Waals surface area contributed by atoms with Crippen molar-refractivity contribution in [2.24, 2.45) is 5.41 Å². The second-order valence-corrected chi connectivity index (χ2v) is 6.89. The van der Waals surface area contributed by atoms with Crippen LogP contribution in [0.3, 0.4) is 0 Å². The van der Waals surface area contributed by atoms with Gasteiger partial charge in [0.25, 0.3) is 0 Å². The normalized spacial score (nSPS) is 26.0. The average Bonchev–Trinajstić information content (AvgIpc) is 3.03. The predicted octanol–water partition coefficient (Wildman–Crippen LogP) is 2.29. The fraction of sp³-hybridized carbons (Fsp3) is 0.611. The van der Waals surface area contributed by atoms with Gasteiger partial charge in [0.15, 0.2) is 0 Å². The van der Waals surface area contributed by atoms with Gasteiger partial charge in [-0.3, -0.25) is 0 Å². The second kappa shape index (κ2) is 7.49. The maximum Gasteiger partial charge on any atom is 0.315 e. The Morgan fingerprint density at radius 2 is 2.33 bits per heavy atom. The Morgan fingerprint density at radius 3 is 3.08 bits per heavy atom. The van der Waals surface area contributed by atoms with E-state index in [0.29, 0.717) is 26.2 Å². The van der Waals surface area contributed by atoms with Crippen LogP contribution in [0, 0.1) is 11.2 Å². The number of ether oxygens (including phenoxy) is 1. The fourth-order valence-electron chi connectivity index (χ4n) is 3.71. The summed E-state index contributed by atoms with van der Waals surface area (Å²) >= 11 is 0. The summed E-state index contributed by atoms with van der Waals surface area (Å²) in [4.78, 5) is 12.3. The molecule has 0 spiro atoms. The Kier molecular flexibility index (Phi) is 5.36. The molecule has 3 N–H and O–H groups in total. The summed E-state index contributed by atoms with van der Waals surface area (Å²) in [6.07, 6.45) is 4.17. The monoisotopic (exact) mass is 336 g/mol. The molecule has 1 fully saturated rings. The number of carbonyl (C=O) groups is 1. The van der Waals surface area contributed by atoms with Crippen molar-refractivity contribution >= 4 is 6.03 Å². The highest BCUT2D eigenvalue weighted by molar-refractivity contribution is 5.74. The molecule has 1 aliphatic carbocycles. The Morgan fingerprint density at radius 1 is 1.46 bits per heavy atom. The molecular weight excluding hydrogens is 311 g/mol. The Balaban J connectivity index is 1.59. The quantitative estimate of drug-likeness (QED) is 0.773. The van der Waals surface area contributed by atoms with Crippen molar-refractivity contribution in [3.05, 3.63) is 35.1 Å². The molecule has 6 heteroatoms. The number of halogens is 1. The Bertz CT molecular complexity index is 588. The van der Waals surface area contributed by atoms with Crippen molar-refractivity contribution in [1.29, 1.82) is 0 Å². The first kappa shape index (κ1) is 17.2. The molecule has 1 saturated heterocycles. The van der Waals surface area contributed by atoms with E-state index in [-0.39, 0.29) is 29.9 Å². The van der Waals surface area contributed by atoms with E-state index >= 15 is 0 Å². The zero-order chi connectivity index (χ0) is 17.0. The van der Waals surface area contributed by atoms with Gasteiger partial charge in [0.1, 0.15) is 5.82 Å². The van der Waals surface area contributed by atoms with Crippen molar-refractivity contribution in [3.63, 3.8) is 0 Å². The third kappa shape index (κ3) is 3.87. The van der Waals surface area contributed by atoms with Gasteiger partial charge >= 0.3 is 6.03 Å². The maximum absolute atomic E-state index is 13.5. The Hall–Kier alpha value is -1.66. The van der Waals surface area contributed by atoms with Crippen molar-refractivity contribution in [3.8, 4) is 0 Å². The third-order valence-corrected chi connectivity index (χ3v) is 5.18. The largest absolute Gasteiger partial charge is 0.396 e. The van der Waals surface area contributed by atoms with Crippen LogP contribution in [0.25, 0.3) is 0 Å². The Labute approximate surface area is 141 Å². The van der Waals surface area contributed by atoms with E-state index in [4.69, 9.17) is 4.74 Å². The van der Waals surface area contributed by atoms with E-state index in [9.17, 15) is 14.3 Å².